The van der Waals surface area contributed by atoms with E-state index in [0.717, 1.165) is 0 Å². The molecule has 1 heterocycles. The molecule has 1 aliphatic rings. The Morgan fingerprint density at radius 2 is 1.81 bits per heavy atom. The van der Waals surface area contributed by atoms with Gasteiger partial charge in [0.15, 0.2) is 36.2 Å². The average molecular weight is 663 g/mol. The number of urea groups is 1. The fraction of sp³-hybridized carbons (Fsp3) is 0.321. The normalized spacial score (nSPS) is 14.4. The van der Waals surface area contributed by atoms with E-state index in [2.05, 4.69) is 37.1 Å². The monoisotopic (exact) mass is 662 g/mol. The van der Waals surface area contributed by atoms with Crippen molar-refractivity contribution < 1.29 is 48.0 Å². The third-order valence-corrected chi connectivity index (χ3v) is 6.31. The standard InChI is InChI=1S/C28H31BrN4O10/c1-5-40-21-10-16(9-18(29)26(21)43-14-23(35)36)12-30-33-22(34)13-42-19-8-7-17(11-20(19)39-4)25-24(27(37)41-6-2)15(3)31-28(38)32-25/h7-12,25H,5-6,13-14H2,1-4H3,(H,33,34)(H,35,36)(H2,31,32,38)/b30-12-/t25-/m1/s1. The Bertz CT molecular complexity index is 1440. The van der Waals surface area contributed by atoms with Gasteiger partial charge in [-0.15, -0.1) is 0 Å². The summed E-state index contributed by atoms with van der Waals surface area (Å²) >= 11 is 3.33. The first-order valence-electron chi connectivity index (χ1n) is 13.0. The zero-order valence-corrected chi connectivity index (χ0v) is 25.4. The molecule has 0 bridgehead atoms. The molecule has 0 spiro atoms. The Hall–Kier alpha value is -4.79. The number of esters is 1. The van der Waals surface area contributed by atoms with E-state index in [9.17, 15) is 19.2 Å². The number of rotatable bonds is 14. The van der Waals surface area contributed by atoms with Crippen LogP contribution >= 0.6 is 15.9 Å². The maximum Gasteiger partial charge on any atom is 0.341 e. The first-order chi connectivity index (χ1) is 20.6. The lowest BCUT2D eigenvalue weighted by Gasteiger charge is -2.28. The number of carbonyl (C=O) groups excluding carboxylic acids is 3. The van der Waals surface area contributed by atoms with Gasteiger partial charge < -0.3 is 39.4 Å². The summed E-state index contributed by atoms with van der Waals surface area (Å²) in [6, 6.07) is 6.70. The number of hydrogen-bond donors (Lipinski definition) is 4. The molecule has 0 aliphatic carbocycles. The predicted octanol–water partition coefficient (Wildman–Crippen LogP) is 3.04. The van der Waals surface area contributed by atoms with E-state index in [1.54, 1.807) is 51.1 Å². The molecule has 1 atom stereocenters. The second-order valence-corrected chi connectivity index (χ2v) is 9.58. The molecule has 0 radical (unpaired) electrons. The van der Waals surface area contributed by atoms with Gasteiger partial charge >= 0.3 is 18.0 Å². The van der Waals surface area contributed by atoms with Crippen LogP contribution in [-0.2, 0) is 19.1 Å². The zero-order chi connectivity index (χ0) is 31.5. The molecule has 3 rings (SSSR count). The highest BCUT2D eigenvalue weighted by Gasteiger charge is 2.32. The quantitative estimate of drug-likeness (QED) is 0.133. The van der Waals surface area contributed by atoms with E-state index in [-0.39, 0.29) is 29.4 Å². The number of carbonyl (C=O) groups is 4. The Morgan fingerprint density at radius 3 is 2.49 bits per heavy atom. The minimum Gasteiger partial charge on any atom is -0.493 e. The minimum atomic E-state index is -1.14. The maximum atomic E-state index is 12.6. The molecule has 3 amide bonds. The van der Waals surface area contributed by atoms with Crippen molar-refractivity contribution in [1.82, 2.24) is 16.1 Å². The highest BCUT2D eigenvalue weighted by molar-refractivity contribution is 9.10. The molecule has 4 N–H and O–H groups in total. The first kappa shape index (κ1) is 32.7. The van der Waals surface area contributed by atoms with Crippen molar-refractivity contribution in [2.45, 2.75) is 26.8 Å². The van der Waals surface area contributed by atoms with Crippen LogP contribution in [0.5, 0.6) is 23.0 Å². The van der Waals surface area contributed by atoms with Crippen LogP contribution in [0.4, 0.5) is 4.79 Å². The van der Waals surface area contributed by atoms with Crippen molar-refractivity contribution in [2.75, 3.05) is 33.5 Å². The van der Waals surface area contributed by atoms with Crippen LogP contribution in [0.15, 0.2) is 51.2 Å². The second kappa shape index (κ2) is 15.4. The van der Waals surface area contributed by atoms with Crippen LogP contribution in [0.25, 0.3) is 0 Å². The molecular formula is C28H31BrN4O10. The number of benzene rings is 2. The molecule has 0 fully saturated rings. The number of carboxylic acids is 1. The number of aliphatic carboxylic acids is 1. The van der Waals surface area contributed by atoms with Gasteiger partial charge in [0, 0.05) is 5.70 Å². The van der Waals surface area contributed by atoms with Crippen LogP contribution in [0.3, 0.4) is 0 Å². The Kier molecular flexibility index (Phi) is 11.8. The van der Waals surface area contributed by atoms with Crippen LogP contribution in [0, 0.1) is 0 Å². The number of nitrogens with one attached hydrogen (secondary N) is 3. The molecule has 0 aromatic heterocycles. The van der Waals surface area contributed by atoms with Crippen molar-refractivity contribution in [1.29, 1.82) is 0 Å². The lowest BCUT2D eigenvalue weighted by atomic mass is 9.95. The van der Waals surface area contributed by atoms with Crippen LogP contribution in [0.2, 0.25) is 0 Å². The molecule has 1 aliphatic heterocycles. The van der Waals surface area contributed by atoms with Gasteiger partial charge in [-0.25, -0.2) is 19.8 Å². The van der Waals surface area contributed by atoms with Gasteiger partial charge in [0.1, 0.15) is 0 Å². The number of methoxy groups -OCH3 is 1. The van der Waals surface area contributed by atoms with Crippen LogP contribution in [-0.4, -0.2) is 68.7 Å². The van der Waals surface area contributed by atoms with Gasteiger partial charge in [-0.1, -0.05) is 6.07 Å². The van der Waals surface area contributed by atoms with Gasteiger partial charge in [-0.3, -0.25) is 4.79 Å². The summed E-state index contributed by atoms with van der Waals surface area (Å²) in [5.74, 6) is -1.24. The summed E-state index contributed by atoms with van der Waals surface area (Å²) in [6.07, 6.45) is 1.37. The van der Waals surface area contributed by atoms with E-state index in [0.29, 0.717) is 33.7 Å². The van der Waals surface area contributed by atoms with Gasteiger partial charge in [0.05, 0.1) is 42.6 Å². The van der Waals surface area contributed by atoms with Crippen molar-refractivity contribution in [3.05, 3.63) is 57.2 Å². The highest BCUT2D eigenvalue weighted by Crippen LogP contribution is 2.37. The number of ether oxygens (including phenoxy) is 5. The summed E-state index contributed by atoms with van der Waals surface area (Å²) in [4.78, 5) is 48.0. The molecule has 0 unspecified atom stereocenters. The van der Waals surface area contributed by atoms with Gasteiger partial charge in [-0.05, 0) is 72.1 Å². The van der Waals surface area contributed by atoms with Gasteiger partial charge in [-0.2, -0.15) is 5.10 Å². The fourth-order valence-electron chi connectivity index (χ4n) is 3.96. The molecule has 230 valence electrons. The number of hydrazone groups is 1. The topological polar surface area (TPSA) is 183 Å². The Labute approximate surface area is 255 Å². The molecule has 14 nitrogen and oxygen atoms in total. The van der Waals surface area contributed by atoms with E-state index < -0.39 is 43.1 Å². The lowest BCUT2D eigenvalue weighted by Crippen LogP contribution is -2.45. The van der Waals surface area contributed by atoms with Crippen LogP contribution < -0.4 is 35.0 Å². The SMILES string of the molecule is CCOC(=O)C1=C(C)NC(=O)N[C@@H]1c1ccc(OCC(=O)N/N=C\c2cc(Br)c(OCC(=O)O)c(OCC)c2)c(OC)c1. The van der Waals surface area contributed by atoms with Crippen molar-refractivity contribution in [2.24, 2.45) is 5.10 Å². The molecule has 0 saturated carbocycles. The van der Waals surface area contributed by atoms with E-state index >= 15 is 0 Å². The van der Waals surface area contributed by atoms with Crippen molar-refractivity contribution in [3.63, 3.8) is 0 Å². The minimum absolute atomic E-state index is 0.167. The summed E-state index contributed by atoms with van der Waals surface area (Å²) in [5, 5.41) is 18.1. The number of carboxylic acid groups (broad SMARTS) is 1. The highest BCUT2D eigenvalue weighted by atomic mass is 79.9. The number of nitrogens with zero attached hydrogens (tertiary/aromatic N) is 1. The van der Waals surface area contributed by atoms with E-state index in [1.807, 2.05) is 0 Å². The summed E-state index contributed by atoms with van der Waals surface area (Å²) in [5.41, 5.74) is 4.04. The molecule has 2 aromatic carbocycles. The largest absolute Gasteiger partial charge is 0.493 e. The summed E-state index contributed by atoms with van der Waals surface area (Å²) in [6.45, 7) is 4.59. The smallest absolute Gasteiger partial charge is 0.341 e. The molecule has 2 aromatic rings. The average Bonchev–Trinajstić information content (AvgIpc) is 2.95. The number of hydrogen-bond acceptors (Lipinski definition) is 10. The van der Waals surface area contributed by atoms with Crippen molar-refractivity contribution in [3.8, 4) is 23.0 Å². The summed E-state index contributed by atoms with van der Waals surface area (Å²) in [7, 11) is 1.41. The lowest BCUT2D eigenvalue weighted by molar-refractivity contribution is -0.140. The van der Waals surface area contributed by atoms with E-state index in [1.165, 1.54) is 13.3 Å². The molecule has 0 saturated heterocycles. The first-order valence-corrected chi connectivity index (χ1v) is 13.8. The van der Waals surface area contributed by atoms with E-state index in [4.69, 9.17) is 28.8 Å². The summed E-state index contributed by atoms with van der Waals surface area (Å²) < 4.78 is 27.5. The molecular weight excluding hydrogens is 632 g/mol. The molecule has 15 heteroatoms. The maximum absolute atomic E-state index is 12.6. The third kappa shape index (κ3) is 8.85. The number of halogens is 1. The Balaban J connectivity index is 1.67. The van der Waals surface area contributed by atoms with Gasteiger partial charge in [0.25, 0.3) is 5.91 Å². The fourth-order valence-corrected chi connectivity index (χ4v) is 4.53. The Morgan fingerprint density at radius 1 is 1.05 bits per heavy atom. The third-order valence-electron chi connectivity index (χ3n) is 5.72. The number of amides is 3. The van der Waals surface area contributed by atoms with Crippen molar-refractivity contribution >= 4 is 46.0 Å². The molecule has 43 heavy (non-hydrogen) atoms. The predicted molar refractivity (Wildman–Crippen MR) is 156 cm³/mol. The van der Waals surface area contributed by atoms with Crippen LogP contribution in [0.1, 0.15) is 37.9 Å². The van der Waals surface area contributed by atoms with Gasteiger partial charge in [0.2, 0.25) is 0 Å². The zero-order valence-electron chi connectivity index (χ0n) is 23.8. The number of allylic oxidation sites excluding steroid dienone is 1. The second-order valence-electron chi connectivity index (χ2n) is 8.73.